The smallest absolute Gasteiger partial charge is 0.255 e. The van der Waals surface area contributed by atoms with Crippen LogP contribution in [0.4, 0.5) is 0 Å². The summed E-state index contributed by atoms with van der Waals surface area (Å²) >= 11 is 14.5. The van der Waals surface area contributed by atoms with E-state index in [2.05, 4.69) is 20.9 Å². The largest absolute Gasteiger partial charge is 0.275 e. The van der Waals surface area contributed by atoms with Crippen LogP contribution in [-0.4, -0.2) is 10.2 Å². The number of hydrogen-bond donors (Lipinski definition) is 0. The number of hydrogen-bond acceptors (Lipinski definition) is 2. The zero-order chi connectivity index (χ0) is 11.0. The Morgan fingerprint density at radius 2 is 2.07 bits per heavy atom. The maximum absolute atomic E-state index is 11.0. The van der Waals surface area contributed by atoms with Crippen LogP contribution < -0.4 is 0 Å². The third-order valence-corrected chi connectivity index (χ3v) is 2.93. The van der Waals surface area contributed by atoms with Crippen LogP contribution >= 0.6 is 39.1 Å². The zero-order valence-electron chi connectivity index (χ0n) is 7.30. The van der Waals surface area contributed by atoms with Crippen LogP contribution in [0.5, 0.6) is 0 Å². The Labute approximate surface area is 104 Å². The van der Waals surface area contributed by atoms with E-state index in [-0.39, 0.29) is 10.7 Å². The summed E-state index contributed by atoms with van der Waals surface area (Å²) < 4.78 is 0.909. The fourth-order valence-corrected chi connectivity index (χ4v) is 2.06. The monoisotopic (exact) mass is 303 g/mol. The molecule has 0 spiro atoms. The SMILES string of the molecule is O=C(Cl)c1cc2cc(Br)ccc2nc1Cl. The highest BCUT2D eigenvalue weighted by Gasteiger charge is 2.10. The van der Waals surface area contributed by atoms with Crippen LogP contribution in [0.25, 0.3) is 10.9 Å². The van der Waals surface area contributed by atoms with Crippen LogP contribution in [0, 0.1) is 0 Å². The molecule has 0 amide bonds. The van der Waals surface area contributed by atoms with E-state index in [1.807, 2.05) is 18.2 Å². The topological polar surface area (TPSA) is 30.0 Å². The van der Waals surface area contributed by atoms with E-state index >= 15 is 0 Å². The second-order valence-electron chi connectivity index (χ2n) is 2.94. The maximum Gasteiger partial charge on any atom is 0.255 e. The molecule has 1 aromatic carbocycles. The minimum atomic E-state index is -0.602. The van der Waals surface area contributed by atoms with Gasteiger partial charge >= 0.3 is 0 Å². The van der Waals surface area contributed by atoms with Gasteiger partial charge < -0.3 is 0 Å². The van der Waals surface area contributed by atoms with Gasteiger partial charge in [0.2, 0.25) is 0 Å². The summed E-state index contributed by atoms with van der Waals surface area (Å²) in [5.74, 6) is 0. The number of fused-ring (bicyclic) bond motifs is 1. The van der Waals surface area contributed by atoms with Crippen molar-refractivity contribution in [2.24, 2.45) is 0 Å². The number of carbonyl (C=O) groups is 1. The van der Waals surface area contributed by atoms with Crippen molar-refractivity contribution in [3.8, 4) is 0 Å². The average Bonchev–Trinajstić information content (AvgIpc) is 2.17. The minimum absolute atomic E-state index is 0.129. The van der Waals surface area contributed by atoms with E-state index in [0.29, 0.717) is 0 Å². The normalized spacial score (nSPS) is 10.6. The Morgan fingerprint density at radius 1 is 1.33 bits per heavy atom. The van der Waals surface area contributed by atoms with E-state index < -0.39 is 5.24 Å². The number of carbonyl (C=O) groups excluding carboxylic acids is 1. The van der Waals surface area contributed by atoms with Crippen LogP contribution in [0.1, 0.15) is 10.4 Å². The first kappa shape index (κ1) is 10.9. The number of pyridine rings is 1. The molecule has 0 saturated carbocycles. The van der Waals surface area contributed by atoms with Crippen molar-refractivity contribution in [3.63, 3.8) is 0 Å². The molecule has 0 unspecified atom stereocenters. The predicted molar refractivity (Wildman–Crippen MR) is 64.6 cm³/mol. The van der Waals surface area contributed by atoms with Gasteiger partial charge in [0.05, 0.1) is 11.1 Å². The third kappa shape index (κ3) is 2.14. The van der Waals surface area contributed by atoms with Crippen molar-refractivity contribution in [1.82, 2.24) is 4.98 Å². The molecule has 1 heterocycles. The summed E-state index contributed by atoms with van der Waals surface area (Å²) in [7, 11) is 0. The molecule has 0 atom stereocenters. The maximum atomic E-state index is 11.0. The number of benzene rings is 1. The molecule has 2 rings (SSSR count). The number of rotatable bonds is 1. The predicted octanol–water partition coefficient (Wildman–Crippen LogP) is 4.03. The first-order valence-corrected chi connectivity index (χ1v) is 5.58. The van der Waals surface area contributed by atoms with Crippen molar-refractivity contribution < 1.29 is 4.79 Å². The number of halogens is 3. The zero-order valence-corrected chi connectivity index (χ0v) is 10.4. The second-order valence-corrected chi connectivity index (χ2v) is 4.55. The molecule has 2 nitrogen and oxygen atoms in total. The summed E-state index contributed by atoms with van der Waals surface area (Å²) in [5.41, 5.74) is 0.953. The minimum Gasteiger partial charge on any atom is -0.275 e. The lowest BCUT2D eigenvalue weighted by molar-refractivity contribution is 0.108. The van der Waals surface area contributed by atoms with Gasteiger partial charge in [-0.2, -0.15) is 0 Å². The Morgan fingerprint density at radius 3 is 2.73 bits per heavy atom. The second kappa shape index (κ2) is 4.08. The van der Waals surface area contributed by atoms with E-state index in [1.165, 1.54) is 0 Å². The first-order valence-electron chi connectivity index (χ1n) is 4.03. The van der Waals surface area contributed by atoms with Gasteiger partial charge in [-0.1, -0.05) is 27.5 Å². The number of nitrogens with zero attached hydrogens (tertiary/aromatic N) is 1. The van der Waals surface area contributed by atoms with E-state index in [0.717, 1.165) is 15.4 Å². The lowest BCUT2D eigenvalue weighted by Gasteiger charge is -2.02. The van der Waals surface area contributed by atoms with Crippen molar-refractivity contribution in [3.05, 3.63) is 39.5 Å². The van der Waals surface area contributed by atoms with E-state index in [9.17, 15) is 4.79 Å². The van der Waals surface area contributed by atoms with Crippen molar-refractivity contribution >= 4 is 55.3 Å². The summed E-state index contributed by atoms with van der Waals surface area (Å²) in [6.07, 6.45) is 0. The van der Waals surface area contributed by atoms with Gasteiger partial charge in [0.25, 0.3) is 5.24 Å². The summed E-state index contributed by atoms with van der Waals surface area (Å²) in [6, 6.07) is 7.15. The molecule has 2 aromatic rings. The molecule has 0 bridgehead atoms. The van der Waals surface area contributed by atoms with E-state index in [4.69, 9.17) is 23.2 Å². The molecular weight excluding hydrogens is 301 g/mol. The Hall–Kier alpha value is -0.640. The summed E-state index contributed by atoms with van der Waals surface area (Å²) in [4.78, 5) is 15.1. The van der Waals surface area contributed by atoms with Gasteiger partial charge in [0, 0.05) is 9.86 Å². The fraction of sp³-hybridized carbons (Fsp3) is 0. The highest BCUT2D eigenvalue weighted by atomic mass is 79.9. The third-order valence-electron chi connectivity index (χ3n) is 1.94. The standard InChI is InChI=1S/C10H4BrCl2NO/c11-6-1-2-8-5(3-6)4-7(10(13)15)9(12)14-8/h1-4H. The van der Waals surface area contributed by atoms with Crippen molar-refractivity contribution in [2.45, 2.75) is 0 Å². The lowest BCUT2D eigenvalue weighted by atomic mass is 10.2. The molecule has 0 radical (unpaired) electrons. The molecule has 0 aliphatic heterocycles. The molecule has 76 valence electrons. The molecule has 0 fully saturated rings. The van der Waals surface area contributed by atoms with Crippen LogP contribution in [0.15, 0.2) is 28.7 Å². The van der Waals surface area contributed by atoms with Gasteiger partial charge in [-0.05, 0) is 35.9 Å². The fourth-order valence-electron chi connectivity index (χ4n) is 1.26. The highest BCUT2D eigenvalue weighted by Crippen LogP contribution is 2.24. The van der Waals surface area contributed by atoms with Gasteiger partial charge in [0.1, 0.15) is 5.15 Å². The van der Waals surface area contributed by atoms with E-state index in [1.54, 1.807) is 6.07 Å². The molecule has 0 aliphatic carbocycles. The van der Waals surface area contributed by atoms with Crippen LogP contribution in [0.3, 0.4) is 0 Å². The van der Waals surface area contributed by atoms with Crippen molar-refractivity contribution in [1.29, 1.82) is 0 Å². The Bertz CT molecular complexity index is 556. The van der Waals surface area contributed by atoms with Gasteiger partial charge in [-0.15, -0.1) is 0 Å². The lowest BCUT2D eigenvalue weighted by Crippen LogP contribution is -1.93. The molecule has 5 heteroatoms. The van der Waals surface area contributed by atoms with Crippen molar-refractivity contribution in [2.75, 3.05) is 0 Å². The molecule has 15 heavy (non-hydrogen) atoms. The quantitative estimate of drug-likeness (QED) is 0.588. The molecule has 1 aromatic heterocycles. The number of aromatic nitrogens is 1. The first-order chi connectivity index (χ1) is 7.08. The Balaban J connectivity index is 2.77. The van der Waals surface area contributed by atoms with Gasteiger partial charge in [0.15, 0.2) is 0 Å². The van der Waals surface area contributed by atoms with Gasteiger partial charge in [-0.3, -0.25) is 4.79 Å². The van der Waals surface area contributed by atoms with Crippen LogP contribution in [0.2, 0.25) is 5.15 Å². The van der Waals surface area contributed by atoms with Crippen LogP contribution in [-0.2, 0) is 0 Å². The summed E-state index contributed by atoms with van der Waals surface area (Å²) in [5, 5.41) is 0.344. The molecule has 0 saturated heterocycles. The average molecular weight is 305 g/mol. The molecule has 0 aliphatic rings. The Kier molecular flexibility index (Phi) is 2.96. The highest BCUT2D eigenvalue weighted by molar-refractivity contribution is 9.10. The molecular formula is C10H4BrCl2NO. The molecule has 0 N–H and O–H groups in total. The summed E-state index contributed by atoms with van der Waals surface area (Å²) in [6.45, 7) is 0. The van der Waals surface area contributed by atoms with Gasteiger partial charge in [-0.25, -0.2) is 4.98 Å².